The van der Waals surface area contributed by atoms with Gasteiger partial charge < -0.3 is 20.4 Å². The van der Waals surface area contributed by atoms with Crippen LogP contribution in [0, 0.1) is 0 Å². The molecule has 4 N–H and O–H groups in total. The zero-order valence-corrected chi connectivity index (χ0v) is 17.9. The van der Waals surface area contributed by atoms with E-state index >= 15 is 0 Å². The molecule has 0 radical (unpaired) electrons. The number of hydrogen-bond acceptors (Lipinski definition) is 7. The first-order valence-electron chi connectivity index (χ1n) is 9.83. The van der Waals surface area contributed by atoms with Crippen LogP contribution in [0.25, 0.3) is 21.9 Å². The monoisotopic (exact) mass is 440 g/mol. The second-order valence-electron chi connectivity index (χ2n) is 6.97. The predicted molar refractivity (Wildman–Crippen MR) is 120 cm³/mol. The molecule has 31 heavy (non-hydrogen) atoms. The van der Waals surface area contributed by atoms with Crippen molar-refractivity contribution < 1.29 is 13.2 Å². The van der Waals surface area contributed by atoms with Gasteiger partial charge in [0.2, 0.25) is 10.0 Å². The molecule has 2 aromatic heterocycles. The van der Waals surface area contributed by atoms with E-state index < -0.39 is 10.0 Å². The summed E-state index contributed by atoms with van der Waals surface area (Å²) in [4.78, 5) is 9.02. The van der Waals surface area contributed by atoms with Gasteiger partial charge in [0.15, 0.2) is 5.82 Å². The molecular weight excluding hydrogens is 416 g/mol. The highest BCUT2D eigenvalue weighted by molar-refractivity contribution is 7.89. The van der Waals surface area contributed by atoms with Crippen LogP contribution in [0.1, 0.15) is 0 Å². The zero-order chi connectivity index (χ0) is 21.8. The van der Waals surface area contributed by atoms with Crippen LogP contribution in [0.5, 0.6) is 5.75 Å². The number of imidazole rings is 1. The van der Waals surface area contributed by atoms with Crippen molar-refractivity contribution >= 4 is 37.8 Å². The van der Waals surface area contributed by atoms with E-state index in [1.54, 1.807) is 18.5 Å². The number of hydrogen-bond donors (Lipinski definition) is 3. The molecule has 0 fully saturated rings. The molecule has 0 aliphatic heterocycles. The Morgan fingerprint density at radius 2 is 1.84 bits per heavy atom. The Labute approximate surface area is 180 Å². The Hall–Kier alpha value is -3.21. The SMILES string of the molecule is COc1ccc(S(=O)(=O)NCCNCCn2cnc3c(N)nc4ccccc4c32)cc1. The maximum atomic E-state index is 12.3. The normalized spacial score (nSPS) is 11.9. The molecule has 0 atom stereocenters. The van der Waals surface area contributed by atoms with Gasteiger partial charge in [-0.3, -0.25) is 0 Å². The molecule has 2 aromatic carbocycles. The van der Waals surface area contributed by atoms with Gasteiger partial charge in [0.05, 0.1) is 29.4 Å². The fourth-order valence-electron chi connectivity index (χ4n) is 3.41. The lowest BCUT2D eigenvalue weighted by atomic mass is 10.2. The minimum atomic E-state index is -3.56. The summed E-state index contributed by atoms with van der Waals surface area (Å²) in [6.07, 6.45) is 1.75. The van der Waals surface area contributed by atoms with E-state index in [0.29, 0.717) is 36.7 Å². The van der Waals surface area contributed by atoms with Crippen LogP contribution in [-0.4, -0.2) is 49.7 Å². The van der Waals surface area contributed by atoms with Crippen molar-refractivity contribution in [3.05, 3.63) is 54.9 Å². The Balaban J connectivity index is 1.33. The van der Waals surface area contributed by atoms with Crippen LogP contribution < -0.4 is 20.5 Å². The third kappa shape index (κ3) is 4.46. The van der Waals surface area contributed by atoms with Gasteiger partial charge >= 0.3 is 0 Å². The second-order valence-corrected chi connectivity index (χ2v) is 8.74. The topological polar surface area (TPSA) is 124 Å². The maximum absolute atomic E-state index is 12.3. The summed E-state index contributed by atoms with van der Waals surface area (Å²) in [5.74, 6) is 1.02. The predicted octanol–water partition coefficient (Wildman–Crippen LogP) is 1.74. The highest BCUT2D eigenvalue weighted by Crippen LogP contribution is 2.26. The molecule has 0 unspecified atom stereocenters. The molecule has 0 saturated heterocycles. The number of fused-ring (bicyclic) bond motifs is 3. The van der Waals surface area contributed by atoms with E-state index in [-0.39, 0.29) is 11.4 Å². The minimum Gasteiger partial charge on any atom is -0.497 e. The highest BCUT2D eigenvalue weighted by Gasteiger charge is 2.14. The number of ether oxygens (including phenoxy) is 1. The van der Waals surface area contributed by atoms with E-state index in [9.17, 15) is 8.42 Å². The lowest BCUT2D eigenvalue weighted by Crippen LogP contribution is -2.33. The smallest absolute Gasteiger partial charge is 0.240 e. The number of methoxy groups -OCH3 is 1. The average molecular weight is 441 g/mol. The van der Waals surface area contributed by atoms with Gasteiger partial charge in [-0.15, -0.1) is 0 Å². The Morgan fingerprint density at radius 1 is 1.06 bits per heavy atom. The molecule has 2 heterocycles. The lowest BCUT2D eigenvalue weighted by molar-refractivity contribution is 0.414. The fourth-order valence-corrected chi connectivity index (χ4v) is 4.44. The molecule has 4 aromatic rings. The van der Waals surface area contributed by atoms with Crippen molar-refractivity contribution in [2.24, 2.45) is 0 Å². The number of nitrogens with one attached hydrogen (secondary N) is 2. The molecule has 0 aliphatic carbocycles. The van der Waals surface area contributed by atoms with Crippen molar-refractivity contribution in [2.75, 3.05) is 32.5 Å². The summed E-state index contributed by atoms with van der Waals surface area (Å²) in [7, 11) is -2.02. The van der Waals surface area contributed by atoms with Crippen molar-refractivity contribution in [2.45, 2.75) is 11.4 Å². The number of para-hydroxylation sites is 1. The van der Waals surface area contributed by atoms with Gasteiger partial charge in [0.25, 0.3) is 0 Å². The molecule has 0 saturated carbocycles. The van der Waals surface area contributed by atoms with Crippen LogP contribution in [0.4, 0.5) is 5.82 Å². The van der Waals surface area contributed by atoms with E-state index in [1.165, 1.54) is 19.2 Å². The Bertz CT molecular complexity index is 1300. The number of benzene rings is 2. The van der Waals surface area contributed by atoms with E-state index in [4.69, 9.17) is 10.5 Å². The molecule has 10 heteroatoms. The molecule has 9 nitrogen and oxygen atoms in total. The number of pyridine rings is 1. The van der Waals surface area contributed by atoms with Gasteiger partial charge in [-0.1, -0.05) is 18.2 Å². The average Bonchev–Trinajstić information content (AvgIpc) is 3.21. The zero-order valence-electron chi connectivity index (χ0n) is 17.1. The van der Waals surface area contributed by atoms with Crippen LogP contribution in [0.15, 0.2) is 59.8 Å². The number of aromatic nitrogens is 3. The molecule has 162 valence electrons. The quantitative estimate of drug-likeness (QED) is 0.339. The largest absolute Gasteiger partial charge is 0.497 e. The summed E-state index contributed by atoms with van der Waals surface area (Å²) in [5, 5.41) is 4.25. The van der Waals surface area contributed by atoms with Crippen molar-refractivity contribution in [1.82, 2.24) is 24.6 Å². The summed E-state index contributed by atoms with van der Waals surface area (Å²) >= 11 is 0. The number of rotatable bonds is 9. The van der Waals surface area contributed by atoms with Crippen LogP contribution >= 0.6 is 0 Å². The van der Waals surface area contributed by atoms with Crippen molar-refractivity contribution in [3.63, 3.8) is 0 Å². The maximum Gasteiger partial charge on any atom is 0.240 e. The third-order valence-electron chi connectivity index (χ3n) is 4.97. The molecule has 0 aliphatic rings. The number of sulfonamides is 1. The Morgan fingerprint density at radius 3 is 2.61 bits per heavy atom. The van der Waals surface area contributed by atoms with E-state index in [1.807, 2.05) is 28.8 Å². The molecule has 0 spiro atoms. The number of nitrogens with two attached hydrogens (primary N) is 1. The van der Waals surface area contributed by atoms with E-state index in [0.717, 1.165) is 16.4 Å². The van der Waals surface area contributed by atoms with Crippen LogP contribution in [0.3, 0.4) is 0 Å². The van der Waals surface area contributed by atoms with E-state index in [2.05, 4.69) is 20.0 Å². The van der Waals surface area contributed by atoms with Gasteiger partial charge in [-0.25, -0.2) is 23.1 Å². The van der Waals surface area contributed by atoms with Gasteiger partial charge in [0, 0.05) is 31.6 Å². The number of nitrogens with zero attached hydrogens (tertiary/aromatic N) is 3. The fraction of sp³-hybridized carbons (Fsp3) is 0.238. The van der Waals surface area contributed by atoms with Gasteiger partial charge in [0.1, 0.15) is 11.3 Å². The summed E-state index contributed by atoms with van der Waals surface area (Å²) in [5.41, 5.74) is 8.52. The standard InChI is InChI=1S/C21H24N6O3S/c1-30-15-6-8-16(9-7-15)31(28,29)25-11-10-23-12-13-27-14-24-19-20(27)17-4-2-3-5-18(17)26-21(19)22/h2-9,14,23,25H,10-13H2,1H3,(H2,22,26). The minimum absolute atomic E-state index is 0.205. The van der Waals surface area contributed by atoms with Crippen molar-refractivity contribution in [3.8, 4) is 5.75 Å². The van der Waals surface area contributed by atoms with Gasteiger partial charge in [-0.2, -0.15) is 0 Å². The number of nitrogen functional groups attached to an aromatic ring is 1. The highest BCUT2D eigenvalue weighted by atomic mass is 32.2. The third-order valence-corrected chi connectivity index (χ3v) is 6.45. The first-order chi connectivity index (χ1) is 15.0. The second kappa shape index (κ2) is 8.88. The number of anilines is 1. The van der Waals surface area contributed by atoms with Crippen LogP contribution in [0.2, 0.25) is 0 Å². The first-order valence-corrected chi connectivity index (χ1v) is 11.3. The van der Waals surface area contributed by atoms with Crippen LogP contribution in [-0.2, 0) is 16.6 Å². The van der Waals surface area contributed by atoms with Gasteiger partial charge in [-0.05, 0) is 30.3 Å². The van der Waals surface area contributed by atoms with Crippen molar-refractivity contribution in [1.29, 1.82) is 0 Å². The molecular formula is C21H24N6O3S. The summed E-state index contributed by atoms with van der Waals surface area (Å²) < 4.78 is 34.4. The Kier molecular flexibility index (Phi) is 6.03. The molecule has 0 bridgehead atoms. The molecule has 4 rings (SSSR count). The lowest BCUT2D eigenvalue weighted by Gasteiger charge is -2.10. The molecule has 0 amide bonds. The summed E-state index contributed by atoms with van der Waals surface area (Å²) in [6, 6.07) is 14.1. The summed E-state index contributed by atoms with van der Waals surface area (Å²) in [6.45, 7) is 2.08. The first kappa shape index (κ1) is 21.0.